The Hall–Kier alpha value is -2.35. The zero-order chi connectivity index (χ0) is 18.6. The SMILES string of the molecule is CC(C=O)=CC(=CNCC(F)(F)F)CN1Cc2c(ccnc2Cl)C1=O. The lowest BCUT2D eigenvalue weighted by molar-refractivity contribution is -0.122. The molecule has 0 aliphatic carbocycles. The minimum Gasteiger partial charge on any atom is -0.382 e. The number of rotatable bonds is 6. The van der Waals surface area contributed by atoms with Crippen molar-refractivity contribution >= 4 is 23.8 Å². The van der Waals surface area contributed by atoms with Crippen LogP contribution in [0, 0.1) is 0 Å². The van der Waals surface area contributed by atoms with E-state index in [1.165, 1.54) is 24.1 Å². The van der Waals surface area contributed by atoms with E-state index in [1.54, 1.807) is 6.07 Å². The van der Waals surface area contributed by atoms with Crippen LogP contribution in [0.1, 0.15) is 22.8 Å². The summed E-state index contributed by atoms with van der Waals surface area (Å²) in [4.78, 5) is 28.5. The first-order chi connectivity index (χ1) is 11.7. The van der Waals surface area contributed by atoms with Crippen LogP contribution in [0.25, 0.3) is 0 Å². The lowest BCUT2D eigenvalue weighted by Crippen LogP contribution is -2.28. The third-order valence-electron chi connectivity index (χ3n) is 3.43. The number of nitrogens with zero attached hydrogens (tertiary/aromatic N) is 2. The van der Waals surface area contributed by atoms with Crippen LogP contribution in [-0.4, -0.2) is 41.3 Å². The lowest BCUT2D eigenvalue weighted by Gasteiger charge is -2.17. The number of alkyl halides is 3. The van der Waals surface area contributed by atoms with E-state index in [2.05, 4.69) is 10.3 Å². The molecule has 1 aromatic rings. The molecule has 1 aliphatic rings. The summed E-state index contributed by atoms with van der Waals surface area (Å²) >= 11 is 5.98. The Kier molecular flexibility index (Phi) is 5.84. The molecule has 0 spiro atoms. The zero-order valence-corrected chi connectivity index (χ0v) is 14.0. The number of amides is 1. The predicted molar refractivity (Wildman–Crippen MR) is 85.9 cm³/mol. The third-order valence-corrected chi connectivity index (χ3v) is 3.76. The van der Waals surface area contributed by atoms with Gasteiger partial charge in [0.2, 0.25) is 0 Å². The fourth-order valence-corrected chi connectivity index (χ4v) is 2.57. The second kappa shape index (κ2) is 7.69. The van der Waals surface area contributed by atoms with Crippen molar-refractivity contribution in [2.75, 3.05) is 13.1 Å². The molecule has 2 heterocycles. The molecule has 1 amide bonds. The van der Waals surface area contributed by atoms with Gasteiger partial charge in [0.1, 0.15) is 18.0 Å². The number of nitrogens with one attached hydrogen (secondary N) is 1. The lowest BCUT2D eigenvalue weighted by atomic mass is 10.2. The van der Waals surface area contributed by atoms with E-state index >= 15 is 0 Å². The molecule has 25 heavy (non-hydrogen) atoms. The van der Waals surface area contributed by atoms with Gasteiger partial charge in [-0.05, 0) is 30.2 Å². The van der Waals surface area contributed by atoms with Gasteiger partial charge in [0, 0.05) is 30.1 Å². The summed E-state index contributed by atoms with van der Waals surface area (Å²) in [6, 6.07) is 1.54. The average Bonchev–Trinajstić information content (AvgIpc) is 2.84. The van der Waals surface area contributed by atoms with Crippen molar-refractivity contribution in [1.82, 2.24) is 15.2 Å². The molecule has 9 heteroatoms. The second-order valence-corrected chi connectivity index (χ2v) is 5.87. The summed E-state index contributed by atoms with van der Waals surface area (Å²) in [5, 5.41) is 2.37. The number of allylic oxidation sites excluding steroid dienone is 1. The number of carbonyl (C=O) groups excluding carboxylic acids is 2. The highest BCUT2D eigenvalue weighted by Gasteiger charge is 2.30. The van der Waals surface area contributed by atoms with E-state index in [9.17, 15) is 22.8 Å². The Balaban J connectivity index is 2.17. The molecule has 0 saturated carbocycles. The summed E-state index contributed by atoms with van der Waals surface area (Å²) in [7, 11) is 0. The first-order valence-electron chi connectivity index (χ1n) is 7.26. The molecule has 1 aromatic heterocycles. The maximum atomic E-state index is 12.4. The van der Waals surface area contributed by atoms with Gasteiger partial charge in [-0.2, -0.15) is 13.2 Å². The highest BCUT2D eigenvalue weighted by molar-refractivity contribution is 6.30. The van der Waals surface area contributed by atoms with Crippen LogP contribution in [-0.2, 0) is 11.3 Å². The van der Waals surface area contributed by atoms with E-state index in [-0.39, 0.29) is 24.1 Å². The zero-order valence-electron chi connectivity index (χ0n) is 13.2. The molecular weight excluding hydrogens is 359 g/mol. The molecule has 0 radical (unpaired) electrons. The number of hydrogen-bond donors (Lipinski definition) is 1. The summed E-state index contributed by atoms with van der Waals surface area (Å²) in [5.74, 6) is -0.293. The Bertz CT molecular complexity index is 745. The molecule has 0 saturated heterocycles. The van der Waals surface area contributed by atoms with Crippen molar-refractivity contribution in [3.05, 3.63) is 52.0 Å². The maximum Gasteiger partial charge on any atom is 0.405 e. The van der Waals surface area contributed by atoms with Gasteiger partial charge in [0.15, 0.2) is 0 Å². The van der Waals surface area contributed by atoms with Gasteiger partial charge in [-0.3, -0.25) is 9.59 Å². The van der Waals surface area contributed by atoms with E-state index in [0.29, 0.717) is 28.6 Å². The molecule has 1 aliphatic heterocycles. The molecule has 2 rings (SSSR count). The Labute approximate surface area is 147 Å². The number of hydrogen-bond acceptors (Lipinski definition) is 4. The van der Waals surface area contributed by atoms with Crippen molar-refractivity contribution in [3.63, 3.8) is 0 Å². The average molecular weight is 374 g/mol. The van der Waals surface area contributed by atoms with E-state index in [1.807, 2.05) is 0 Å². The summed E-state index contributed by atoms with van der Waals surface area (Å²) in [6.45, 7) is 0.533. The smallest absolute Gasteiger partial charge is 0.382 e. The summed E-state index contributed by atoms with van der Waals surface area (Å²) in [6.07, 6.45) is 0.201. The summed E-state index contributed by atoms with van der Waals surface area (Å²) in [5.41, 5.74) is 1.68. The first kappa shape index (κ1) is 19.0. The topological polar surface area (TPSA) is 62.3 Å². The fraction of sp³-hybridized carbons (Fsp3) is 0.312. The van der Waals surface area contributed by atoms with E-state index < -0.39 is 12.7 Å². The molecule has 0 aromatic carbocycles. The van der Waals surface area contributed by atoms with E-state index in [4.69, 9.17) is 11.6 Å². The molecule has 0 unspecified atom stereocenters. The molecular formula is C16H15ClF3N3O2. The number of aldehydes is 1. The van der Waals surface area contributed by atoms with Crippen LogP contribution in [0.15, 0.2) is 35.7 Å². The fourth-order valence-electron chi connectivity index (χ4n) is 2.36. The van der Waals surface area contributed by atoms with Gasteiger partial charge in [-0.1, -0.05) is 11.6 Å². The largest absolute Gasteiger partial charge is 0.405 e. The molecule has 134 valence electrons. The van der Waals surface area contributed by atoms with Crippen molar-refractivity contribution in [2.24, 2.45) is 0 Å². The van der Waals surface area contributed by atoms with Crippen molar-refractivity contribution in [3.8, 4) is 0 Å². The molecule has 1 N–H and O–H groups in total. The predicted octanol–water partition coefficient (Wildman–Crippen LogP) is 2.87. The molecule has 5 nitrogen and oxygen atoms in total. The number of carbonyl (C=O) groups is 2. The van der Waals surface area contributed by atoms with Crippen LogP contribution in [0.5, 0.6) is 0 Å². The minimum atomic E-state index is -4.37. The van der Waals surface area contributed by atoms with Gasteiger partial charge >= 0.3 is 6.18 Å². The molecule has 0 atom stereocenters. The number of halogens is 4. The Morgan fingerprint density at radius 3 is 2.80 bits per heavy atom. The molecule has 0 fully saturated rings. The van der Waals surface area contributed by atoms with Gasteiger partial charge in [0.25, 0.3) is 5.91 Å². The molecule has 0 bridgehead atoms. The highest BCUT2D eigenvalue weighted by Crippen LogP contribution is 2.28. The van der Waals surface area contributed by atoms with Crippen molar-refractivity contribution in [2.45, 2.75) is 19.6 Å². The van der Waals surface area contributed by atoms with E-state index in [0.717, 1.165) is 6.20 Å². The van der Waals surface area contributed by atoms with Crippen molar-refractivity contribution < 1.29 is 22.8 Å². The number of fused-ring (bicyclic) bond motifs is 1. The Morgan fingerprint density at radius 2 is 2.20 bits per heavy atom. The van der Waals surface area contributed by atoms with Gasteiger partial charge < -0.3 is 10.2 Å². The van der Waals surface area contributed by atoms with Crippen LogP contribution in [0.2, 0.25) is 5.15 Å². The number of aromatic nitrogens is 1. The Morgan fingerprint density at radius 1 is 1.48 bits per heavy atom. The van der Waals surface area contributed by atoms with Gasteiger partial charge in [-0.25, -0.2) is 4.98 Å². The van der Waals surface area contributed by atoms with Crippen LogP contribution < -0.4 is 5.32 Å². The quantitative estimate of drug-likeness (QED) is 0.360. The maximum absolute atomic E-state index is 12.4. The number of pyridine rings is 1. The highest BCUT2D eigenvalue weighted by atomic mass is 35.5. The summed E-state index contributed by atoms with van der Waals surface area (Å²) < 4.78 is 36.8. The first-order valence-corrected chi connectivity index (χ1v) is 7.64. The van der Waals surface area contributed by atoms with Gasteiger partial charge in [0.05, 0.1) is 6.54 Å². The third kappa shape index (κ3) is 5.06. The normalized spacial score (nSPS) is 15.4. The second-order valence-electron chi connectivity index (χ2n) is 5.51. The van der Waals surface area contributed by atoms with Crippen LogP contribution >= 0.6 is 11.6 Å². The van der Waals surface area contributed by atoms with Crippen molar-refractivity contribution in [1.29, 1.82) is 0 Å². The van der Waals surface area contributed by atoms with Crippen LogP contribution in [0.4, 0.5) is 13.2 Å². The van der Waals surface area contributed by atoms with Gasteiger partial charge in [-0.15, -0.1) is 0 Å². The minimum absolute atomic E-state index is 0.0277. The standard InChI is InChI=1S/C16H15ClF3N3O2/c1-10(8-24)4-11(5-21-9-16(18,19)20)6-23-7-13-12(15(23)25)2-3-22-14(13)17/h2-5,8,21H,6-7,9H2,1H3. The van der Waals surface area contributed by atoms with Crippen LogP contribution in [0.3, 0.4) is 0 Å². The monoisotopic (exact) mass is 373 g/mol.